The van der Waals surface area contributed by atoms with Gasteiger partial charge in [-0.2, -0.15) is 0 Å². The van der Waals surface area contributed by atoms with E-state index < -0.39 is 6.04 Å². The highest BCUT2D eigenvalue weighted by Crippen LogP contribution is 2.18. The molecule has 114 valence electrons. The third-order valence-electron chi connectivity index (χ3n) is 3.44. The Morgan fingerprint density at radius 2 is 1.95 bits per heavy atom. The van der Waals surface area contributed by atoms with Crippen molar-refractivity contribution in [2.24, 2.45) is 0 Å². The van der Waals surface area contributed by atoms with Gasteiger partial charge in [-0.05, 0) is 38.1 Å². The maximum Gasteiger partial charge on any atom is 0.251 e. The molecule has 0 aromatic heterocycles. The Bertz CT molecular complexity index is 728. The number of benzene rings is 2. The van der Waals surface area contributed by atoms with Crippen LogP contribution < -0.4 is 11.1 Å². The van der Waals surface area contributed by atoms with Gasteiger partial charge in [-0.1, -0.05) is 18.2 Å². The molecule has 0 aliphatic carbocycles. The molecule has 0 bridgehead atoms. The SMILES string of the molecule is CC(=N)c1cc(C(=O)NC(C)c2ccccc2F)ccc1N. The van der Waals surface area contributed by atoms with Crippen LogP contribution in [0.3, 0.4) is 0 Å². The molecule has 22 heavy (non-hydrogen) atoms. The fourth-order valence-electron chi connectivity index (χ4n) is 2.21. The molecule has 5 heteroatoms. The van der Waals surface area contributed by atoms with Crippen LogP contribution in [0.2, 0.25) is 0 Å². The number of carbonyl (C=O) groups is 1. The number of amides is 1. The predicted molar refractivity (Wildman–Crippen MR) is 85.6 cm³/mol. The van der Waals surface area contributed by atoms with Crippen LogP contribution in [0.4, 0.5) is 10.1 Å². The molecular weight excluding hydrogens is 281 g/mol. The third-order valence-corrected chi connectivity index (χ3v) is 3.44. The van der Waals surface area contributed by atoms with Gasteiger partial charge >= 0.3 is 0 Å². The Balaban J connectivity index is 2.21. The van der Waals surface area contributed by atoms with Crippen molar-refractivity contribution in [1.82, 2.24) is 5.32 Å². The summed E-state index contributed by atoms with van der Waals surface area (Å²) in [4.78, 5) is 12.3. The molecule has 2 rings (SSSR count). The van der Waals surface area contributed by atoms with Gasteiger partial charge in [-0.3, -0.25) is 4.79 Å². The van der Waals surface area contributed by atoms with E-state index in [1.165, 1.54) is 6.07 Å². The first-order valence-electron chi connectivity index (χ1n) is 6.90. The van der Waals surface area contributed by atoms with Crippen molar-refractivity contribution in [2.75, 3.05) is 5.73 Å². The van der Waals surface area contributed by atoms with Gasteiger partial charge in [-0.15, -0.1) is 0 Å². The summed E-state index contributed by atoms with van der Waals surface area (Å²) < 4.78 is 13.7. The van der Waals surface area contributed by atoms with Crippen LogP contribution in [-0.2, 0) is 0 Å². The number of rotatable bonds is 4. The van der Waals surface area contributed by atoms with E-state index in [-0.39, 0.29) is 17.4 Å². The first-order valence-corrected chi connectivity index (χ1v) is 6.90. The summed E-state index contributed by atoms with van der Waals surface area (Å²) in [6, 6.07) is 10.6. The van der Waals surface area contributed by atoms with Gasteiger partial charge in [0.05, 0.1) is 6.04 Å². The molecule has 0 aliphatic heterocycles. The van der Waals surface area contributed by atoms with Gasteiger partial charge < -0.3 is 16.5 Å². The number of hydrogen-bond acceptors (Lipinski definition) is 3. The number of nitrogens with two attached hydrogens (primary N) is 1. The maximum absolute atomic E-state index is 13.7. The second kappa shape index (κ2) is 6.39. The predicted octanol–water partition coefficient (Wildman–Crippen LogP) is 3.29. The maximum atomic E-state index is 13.7. The molecule has 0 fully saturated rings. The number of halogens is 1. The lowest BCUT2D eigenvalue weighted by Crippen LogP contribution is -2.27. The van der Waals surface area contributed by atoms with Crippen molar-refractivity contribution in [3.8, 4) is 0 Å². The van der Waals surface area contributed by atoms with Gasteiger partial charge in [0.1, 0.15) is 5.82 Å². The second-order valence-electron chi connectivity index (χ2n) is 5.14. The lowest BCUT2D eigenvalue weighted by Gasteiger charge is -2.15. The molecule has 0 radical (unpaired) electrons. The topological polar surface area (TPSA) is 79.0 Å². The summed E-state index contributed by atoms with van der Waals surface area (Å²) in [5, 5.41) is 10.4. The number of nitrogen functional groups attached to an aromatic ring is 1. The van der Waals surface area contributed by atoms with E-state index in [2.05, 4.69) is 5.32 Å². The molecule has 1 atom stereocenters. The monoisotopic (exact) mass is 299 g/mol. The molecule has 1 amide bonds. The van der Waals surface area contributed by atoms with Gasteiger partial charge in [0, 0.05) is 28.1 Å². The largest absolute Gasteiger partial charge is 0.398 e. The lowest BCUT2D eigenvalue weighted by molar-refractivity contribution is 0.0939. The first-order chi connectivity index (χ1) is 10.4. The fourth-order valence-corrected chi connectivity index (χ4v) is 2.21. The average Bonchev–Trinajstić information content (AvgIpc) is 2.47. The van der Waals surface area contributed by atoms with Crippen LogP contribution in [0.1, 0.15) is 41.4 Å². The van der Waals surface area contributed by atoms with E-state index in [0.717, 1.165) is 0 Å². The molecule has 0 heterocycles. The minimum Gasteiger partial charge on any atom is -0.398 e. The minimum absolute atomic E-state index is 0.286. The molecule has 1 unspecified atom stereocenters. The zero-order valence-electron chi connectivity index (χ0n) is 12.5. The Labute approximate surface area is 128 Å². The van der Waals surface area contributed by atoms with E-state index in [1.54, 1.807) is 50.2 Å². The molecule has 4 nitrogen and oxygen atoms in total. The summed E-state index contributed by atoms with van der Waals surface area (Å²) in [7, 11) is 0. The summed E-state index contributed by atoms with van der Waals surface area (Å²) in [5.41, 5.74) is 7.85. The highest BCUT2D eigenvalue weighted by molar-refractivity contribution is 6.04. The van der Waals surface area contributed by atoms with E-state index >= 15 is 0 Å². The Kier molecular flexibility index (Phi) is 4.56. The normalized spacial score (nSPS) is 11.8. The van der Waals surface area contributed by atoms with Crippen LogP contribution in [0.15, 0.2) is 42.5 Å². The van der Waals surface area contributed by atoms with E-state index in [1.807, 2.05) is 0 Å². The quantitative estimate of drug-likeness (QED) is 0.598. The van der Waals surface area contributed by atoms with Gasteiger partial charge in [0.15, 0.2) is 0 Å². The molecule has 2 aromatic rings. The molecule has 4 N–H and O–H groups in total. The van der Waals surface area contributed by atoms with Crippen molar-refractivity contribution in [3.05, 3.63) is 65.0 Å². The summed E-state index contributed by atoms with van der Waals surface area (Å²) in [6.07, 6.45) is 0. The fraction of sp³-hybridized carbons (Fsp3) is 0.176. The molecule has 0 aliphatic rings. The highest BCUT2D eigenvalue weighted by atomic mass is 19.1. The van der Waals surface area contributed by atoms with Gasteiger partial charge in [-0.25, -0.2) is 4.39 Å². The van der Waals surface area contributed by atoms with Gasteiger partial charge in [0.2, 0.25) is 0 Å². The van der Waals surface area contributed by atoms with Crippen molar-refractivity contribution in [3.63, 3.8) is 0 Å². The van der Waals surface area contributed by atoms with Crippen molar-refractivity contribution in [1.29, 1.82) is 5.41 Å². The van der Waals surface area contributed by atoms with Crippen LogP contribution >= 0.6 is 0 Å². The van der Waals surface area contributed by atoms with Crippen LogP contribution in [0.5, 0.6) is 0 Å². The minimum atomic E-state index is -0.462. The standard InChI is InChI=1S/C17H18FN3O/c1-10(19)14-9-12(7-8-16(14)20)17(22)21-11(2)13-5-3-4-6-15(13)18/h3-9,11,19H,20H2,1-2H3,(H,21,22). The number of hydrogen-bond donors (Lipinski definition) is 3. The van der Waals surface area contributed by atoms with E-state index in [0.29, 0.717) is 22.4 Å². The van der Waals surface area contributed by atoms with E-state index in [4.69, 9.17) is 11.1 Å². The van der Waals surface area contributed by atoms with Crippen LogP contribution in [0.25, 0.3) is 0 Å². The Morgan fingerprint density at radius 3 is 2.59 bits per heavy atom. The summed E-state index contributed by atoms with van der Waals surface area (Å²) in [5.74, 6) is -0.693. The zero-order chi connectivity index (χ0) is 16.3. The average molecular weight is 299 g/mol. The lowest BCUT2D eigenvalue weighted by atomic mass is 10.0. The first kappa shape index (κ1) is 15.7. The van der Waals surface area contributed by atoms with Crippen LogP contribution in [0, 0.1) is 11.2 Å². The summed E-state index contributed by atoms with van der Waals surface area (Å²) >= 11 is 0. The number of nitrogens with one attached hydrogen (secondary N) is 2. The third kappa shape index (κ3) is 3.31. The van der Waals surface area contributed by atoms with E-state index in [9.17, 15) is 9.18 Å². The smallest absolute Gasteiger partial charge is 0.251 e. The summed E-state index contributed by atoms with van der Waals surface area (Å²) in [6.45, 7) is 3.33. The van der Waals surface area contributed by atoms with Gasteiger partial charge in [0.25, 0.3) is 5.91 Å². The Hall–Kier alpha value is -2.69. The van der Waals surface area contributed by atoms with Crippen LogP contribution in [-0.4, -0.2) is 11.6 Å². The molecule has 0 saturated carbocycles. The highest BCUT2D eigenvalue weighted by Gasteiger charge is 2.15. The molecule has 0 spiro atoms. The number of carbonyl (C=O) groups excluding carboxylic acids is 1. The molecule has 2 aromatic carbocycles. The van der Waals surface area contributed by atoms with Crippen molar-refractivity contribution >= 4 is 17.3 Å². The molecule has 0 saturated heterocycles. The molecular formula is C17H18FN3O. The Morgan fingerprint density at radius 1 is 1.27 bits per heavy atom. The van der Waals surface area contributed by atoms with Crippen molar-refractivity contribution < 1.29 is 9.18 Å². The number of anilines is 1. The zero-order valence-corrected chi connectivity index (χ0v) is 12.5. The second-order valence-corrected chi connectivity index (χ2v) is 5.14. The van der Waals surface area contributed by atoms with Crippen molar-refractivity contribution in [2.45, 2.75) is 19.9 Å².